The van der Waals surface area contributed by atoms with E-state index in [2.05, 4.69) is 39.2 Å². The van der Waals surface area contributed by atoms with Gasteiger partial charge in [0.1, 0.15) is 5.01 Å². The lowest BCUT2D eigenvalue weighted by atomic mass is 10.2. The molecule has 2 rings (SSSR count). The summed E-state index contributed by atoms with van der Waals surface area (Å²) in [6.07, 6.45) is 0. The van der Waals surface area contributed by atoms with E-state index in [1.165, 1.54) is 19.6 Å². The van der Waals surface area contributed by atoms with Crippen molar-refractivity contribution in [1.82, 2.24) is 20.0 Å². The van der Waals surface area contributed by atoms with Crippen LogP contribution in [-0.4, -0.2) is 59.8 Å². The first-order valence-electron chi connectivity index (χ1n) is 6.62. The van der Waals surface area contributed by atoms with Gasteiger partial charge in [0.15, 0.2) is 0 Å². The Kier molecular flexibility index (Phi) is 4.91. The summed E-state index contributed by atoms with van der Waals surface area (Å²) in [5, 5.41) is 13.3. The summed E-state index contributed by atoms with van der Waals surface area (Å²) in [6.45, 7) is 11.4. The molecule has 1 aromatic rings. The van der Waals surface area contributed by atoms with E-state index >= 15 is 0 Å². The number of piperazine rings is 1. The van der Waals surface area contributed by atoms with Crippen molar-refractivity contribution < 1.29 is 0 Å². The molecule has 1 aliphatic rings. The van der Waals surface area contributed by atoms with Crippen LogP contribution in [0.3, 0.4) is 0 Å². The zero-order valence-electron chi connectivity index (χ0n) is 11.5. The molecule has 0 radical (unpaired) electrons. The van der Waals surface area contributed by atoms with E-state index in [0.29, 0.717) is 0 Å². The van der Waals surface area contributed by atoms with E-state index in [9.17, 15) is 0 Å². The molecule has 1 fully saturated rings. The molecule has 2 heterocycles. The highest BCUT2D eigenvalue weighted by Gasteiger charge is 2.18. The van der Waals surface area contributed by atoms with Crippen LogP contribution in [0.25, 0.3) is 0 Å². The third kappa shape index (κ3) is 3.90. The topological polar surface area (TPSA) is 44.3 Å². The minimum absolute atomic E-state index is 0.762. The van der Waals surface area contributed by atoms with Crippen LogP contribution in [0.5, 0.6) is 0 Å². The normalized spacial score (nSPS) is 18.4. The molecule has 0 amide bonds. The van der Waals surface area contributed by atoms with E-state index in [1.807, 2.05) is 7.05 Å². The van der Waals surface area contributed by atoms with Crippen molar-refractivity contribution >= 4 is 16.5 Å². The van der Waals surface area contributed by atoms with Crippen LogP contribution in [0.1, 0.15) is 18.9 Å². The van der Waals surface area contributed by atoms with E-state index in [4.69, 9.17) is 0 Å². The van der Waals surface area contributed by atoms with Gasteiger partial charge in [0.25, 0.3) is 0 Å². The number of hydrogen-bond donors (Lipinski definition) is 1. The number of aromatic nitrogens is 2. The Morgan fingerprint density at radius 1 is 1.17 bits per heavy atom. The van der Waals surface area contributed by atoms with Crippen molar-refractivity contribution in [2.45, 2.75) is 20.4 Å². The van der Waals surface area contributed by atoms with Gasteiger partial charge >= 0.3 is 0 Å². The third-order valence-electron chi connectivity index (χ3n) is 3.13. The summed E-state index contributed by atoms with van der Waals surface area (Å²) in [6, 6.07) is 0. The molecular weight excluding hydrogens is 246 g/mol. The average molecular weight is 269 g/mol. The van der Waals surface area contributed by atoms with Crippen LogP contribution < -0.4 is 5.32 Å². The Balaban J connectivity index is 1.76. The Morgan fingerprint density at radius 3 is 2.39 bits per heavy atom. The molecule has 0 bridgehead atoms. The van der Waals surface area contributed by atoms with Gasteiger partial charge in [-0.15, -0.1) is 10.2 Å². The van der Waals surface area contributed by atoms with Crippen LogP contribution in [0.4, 0.5) is 5.13 Å². The van der Waals surface area contributed by atoms with Crippen LogP contribution in [0, 0.1) is 5.92 Å². The van der Waals surface area contributed by atoms with Crippen molar-refractivity contribution in [3.63, 3.8) is 0 Å². The fourth-order valence-electron chi connectivity index (χ4n) is 2.26. The lowest BCUT2D eigenvalue weighted by Gasteiger charge is -2.34. The minimum Gasteiger partial charge on any atom is -0.363 e. The van der Waals surface area contributed by atoms with E-state index in [0.717, 1.165) is 35.7 Å². The molecule has 0 unspecified atom stereocenters. The fraction of sp³-hybridized carbons (Fsp3) is 0.833. The molecule has 0 spiro atoms. The van der Waals surface area contributed by atoms with Gasteiger partial charge < -0.3 is 10.2 Å². The van der Waals surface area contributed by atoms with Crippen molar-refractivity contribution in [3.05, 3.63) is 5.01 Å². The number of nitrogens with zero attached hydrogens (tertiary/aromatic N) is 4. The first kappa shape index (κ1) is 13.7. The highest BCUT2D eigenvalue weighted by Crippen LogP contribution is 2.17. The molecule has 0 atom stereocenters. The molecule has 0 aromatic carbocycles. The molecule has 5 nitrogen and oxygen atoms in total. The Morgan fingerprint density at radius 2 is 1.83 bits per heavy atom. The largest absolute Gasteiger partial charge is 0.363 e. The van der Waals surface area contributed by atoms with Gasteiger partial charge in [-0.3, -0.25) is 4.90 Å². The van der Waals surface area contributed by atoms with Crippen LogP contribution in [0.2, 0.25) is 0 Å². The van der Waals surface area contributed by atoms with Crippen molar-refractivity contribution in [2.24, 2.45) is 5.92 Å². The third-order valence-corrected chi connectivity index (χ3v) is 4.05. The van der Waals surface area contributed by atoms with Gasteiger partial charge in [0, 0.05) is 39.8 Å². The van der Waals surface area contributed by atoms with Crippen LogP contribution in [0.15, 0.2) is 0 Å². The Labute approximate surface area is 113 Å². The molecule has 1 aliphatic heterocycles. The number of anilines is 1. The van der Waals surface area contributed by atoms with E-state index < -0.39 is 0 Å². The average Bonchev–Trinajstić information content (AvgIpc) is 2.79. The van der Waals surface area contributed by atoms with Gasteiger partial charge in [-0.05, 0) is 5.92 Å². The van der Waals surface area contributed by atoms with Crippen molar-refractivity contribution in [2.75, 3.05) is 45.1 Å². The summed E-state index contributed by atoms with van der Waals surface area (Å²) in [4.78, 5) is 5.02. The summed E-state index contributed by atoms with van der Waals surface area (Å²) in [5.74, 6) is 0.762. The standard InChI is InChI=1S/C12H23N5S/c1-10(2)8-16-4-6-17(7-5-16)9-11-14-15-12(13-3)18-11/h10H,4-9H2,1-3H3,(H,13,15). The summed E-state index contributed by atoms with van der Waals surface area (Å²) < 4.78 is 0. The minimum atomic E-state index is 0.762. The molecule has 1 saturated heterocycles. The lowest BCUT2D eigenvalue weighted by Crippen LogP contribution is -2.46. The second kappa shape index (κ2) is 6.45. The smallest absolute Gasteiger partial charge is 0.205 e. The molecule has 0 saturated carbocycles. The molecule has 18 heavy (non-hydrogen) atoms. The summed E-state index contributed by atoms with van der Waals surface area (Å²) in [7, 11) is 1.88. The fourth-order valence-corrected chi connectivity index (χ4v) is 2.99. The van der Waals surface area contributed by atoms with Gasteiger partial charge in [-0.25, -0.2) is 0 Å². The summed E-state index contributed by atoms with van der Waals surface area (Å²) >= 11 is 1.65. The number of nitrogens with one attached hydrogen (secondary N) is 1. The van der Waals surface area contributed by atoms with Gasteiger partial charge in [0.2, 0.25) is 5.13 Å². The molecular formula is C12H23N5S. The second-order valence-electron chi connectivity index (χ2n) is 5.22. The van der Waals surface area contributed by atoms with E-state index in [1.54, 1.807) is 11.3 Å². The molecule has 102 valence electrons. The molecule has 1 N–H and O–H groups in total. The highest BCUT2D eigenvalue weighted by atomic mass is 32.1. The predicted octanol–water partition coefficient (Wildman–Crippen LogP) is 1.35. The number of rotatable bonds is 5. The van der Waals surface area contributed by atoms with Gasteiger partial charge in [-0.1, -0.05) is 25.2 Å². The second-order valence-corrected chi connectivity index (χ2v) is 6.28. The highest BCUT2D eigenvalue weighted by molar-refractivity contribution is 7.15. The Bertz CT molecular complexity index is 357. The quantitative estimate of drug-likeness (QED) is 0.874. The van der Waals surface area contributed by atoms with Gasteiger partial charge in [-0.2, -0.15) is 0 Å². The monoisotopic (exact) mass is 269 g/mol. The number of hydrogen-bond acceptors (Lipinski definition) is 6. The summed E-state index contributed by atoms with van der Waals surface area (Å²) in [5.41, 5.74) is 0. The molecule has 1 aromatic heterocycles. The molecule has 0 aliphatic carbocycles. The zero-order chi connectivity index (χ0) is 13.0. The Hall–Kier alpha value is -0.720. The van der Waals surface area contributed by atoms with Crippen molar-refractivity contribution in [1.29, 1.82) is 0 Å². The van der Waals surface area contributed by atoms with E-state index in [-0.39, 0.29) is 0 Å². The molecule has 6 heteroatoms. The lowest BCUT2D eigenvalue weighted by molar-refractivity contribution is 0.117. The maximum atomic E-state index is 4.20. The maximum Gasteiger partial charge on any atom is 0.205 e. The first-order chi connectivity index (χ1) is 8.67. The predicted molar refractivity (Wildman–Crippen MR) is 76.0 cm³/mol. The SMILES string of the molecule is CNc1nnc(CN2CCN(CC(C)C)CC2)s1. The zero-order valence-corrected chi connectivity index (χ0v) is 12.3. The van der Waals surface area contributed by atoms with Crippen LogP contribution >= 0.6 is 11.3 Å². The van der Waals surface area contributed by atoms with Crippen LogP contribution in [-0.2, 0) is 6.54 Å². The van der Waals surface area contributed by atoms with Gasteiger partial charge in [0.05, 0.1) is 6.54 Å². The maximum absolute atomic E-state index is 4.20. The first-order valence-corrected chi connectivity index (χ1v) is 7.44. The van der Waals surface area contributed by atoms with Crippen molar-refractivity contribution in [3.8, 4) is 0 Å².